The summed E-state index contributed by atoms with van der Waals surface area (Å²) < 4.78 is 6.32. The van der Waals surface area contributed by atoms with Gasteiger partial charge in [-0.3, -0.25) is 4.79 Å². The molecule has 4 heteroatoms. The van der Waals surface area contributed by atoms with E-state index in [1.807, 2.05) is 25.1 Å². The average Bonchev–Trinajstić information content (AvgIpc) is 3.60. The van der Waals surface area contributed by atoms with Crippen LogP contribution in [0, 0.1) is 6.92 Å². The van der Waals surface area contributed by atoms with Gasteiger partial charge < -0.3 is 15.0 Å². The maximum Gasteiger partial charge on any atom is 0.252 e. The van der Waals surface area contributed by atoms with Crippen LogP contribution < -0.4 is 10.1 Å². The molecule has 1 atom stereocenters. The third kappa shape index (κ3) is 4.24. The predicted molar refractivity (Wildman–Crippen MR) is 129 cm³/mol. The lowest BCUT2D eigenvalue weighted by atomic mass is 9.96. The molecule has 1 N–H and O–H groups in total. The molecule has 1 unspecified atom stereocenters. The van der Waals surface area contributed by atoms with Crippen molar-refractivity contribution in [2.75, 3.05) is 20.1 Å². The smallest absolute Gasteiger partial charge is 0.252 e. The Balaban J connectivity index is 1.37. The Kier molecular flexibility index (Phi) is 5.64. The van der Waals surface area contributed by atoms with Gasteiger partial charge in [-0.05, 0) is 86.7 Å². The SMILES string of the molecule is Cc1ccc(OC2CCCCN(C)C2)cc1C(=O)NC1(c2cccc3ccccc23)CC1. The fourth-order valence-corrected chi connectivity index (χ4v) is 5.01. The van der Waals surface area contributed by atoms with E-state index in [2.05, 4.69) is 59.7 Å². The number of rotatable bonds is 5. The number of nitrogens with zero attached hydrogens (tertiary/aromatic N) is 1. The first-order valence-electron chi connectivity index (χ1n) is 11.8. The summed E-state index contributed by atoms with van der Waals surface area (Å²) in [6.07, 6.45) is 5.57. The van der Waals surface area contributed by atoms with Crippen LogP contribution in [-0.4, -0.2) is 37.0 Å². The van der Waals surface area contributed by atoms with Crippen LogP contribution in [0.25, 0.3) is 10.8 Å². The van der Waals surface area contributed by atoms with Crippen molar-refractivity contribution in [3.63, 3.8) is 0 Å². The predicted octanol–water partition coefficient (Wildman–Crippen LogP) is 5.43. The van der Waals surface area contributed by atoms with Crippen molar-refractivity contribution >= 4 is 16.7 Å². The second kappa shape index (κ2) is 8.59. The van der Waals surface area contributed by atoms with E-state index in [0.717, 1.165) is 43.7 Å². The quantitative estimate of drug-likeness (QED) is 0.589. The standard InChI is InChI=1S/C28H32N2O2/c1-20-13-14-22(32-23-10-5-6-17-30(2)19-23)18-25(20)27(31)29-28(15-16-28)26-12-7-9-21-8-3-4-11-24(21)26/h3-4,7-9,11-14,18,23H,5-6,10,15-17,19H2,1-2H3,(H,29,31). The zero-order valence-electron chi connectivity index (χ0n) is 19.1. The molecule has 1 saturated carbocycles. The number of likely N-dealkylation sites (N-methyl/N-ethyl adjacent to an activating group) is 1. The summed E-state index contributed by atoms with van der Waals surface area (Å²) in [6.45, 7) is 4.05. The maximum absolute atomic E-state index is 13.4. The summed E-state index contributed by atoms with van der Waals surface area (Å²) in [5.41, 5.74) is 2.62. The summed E-state index contributed by atoms with van der Waals surface area (Å²) >= 11 is 0. The van der Waals surface area contributed by atoms with Crippen LogP contribution in [0.3, 0.4) is 0 Å². The molecule has 166 valence electrons. The molecule has 3 aromatic carbocycles. The van der Waals surface area contributed by atoms with Crippen LogP contribution in [0.15, 0.2) is 60.7 Å². The third-order valence-corrected chi connectivity index (χ3v) is 7.00. The zero-order chi connectivity index (χ0) is 22.1. The zero-order valence-corrected chi connectivity index (χ0v) is 19.1. The monoisotopic (exact) mass is 428 g/mol. The number of hydrogen-bond donors (Lipinski definition) is 1. The molecule has 0 bridgehead atoms. The number of carbonyl (C=O) groups excluding carboxylic acids is 1. The summed E-state index contributed by atoms with van der Waals surface area (Å²) in [6, 6.07) is 20.7. The molecule has 1 aliphatic heterocycles. The molecule has 0 radical (unpaired) electrons. The van der Waals surface area contributed by atoms with Crippen LogP contribution in [-0.2, 0) is 5.54 Å². The highest BCUT2D eigenvalue weighted by molar-refractivity contribution is 5.97. The van der Waals surface area contributed by atoms with Gasteiger partial charge in [-0.2, -0.15) is 0 Å². The van der Waals surface area contributed by atoms with Crippen LogP contribution in [0.5, 0.6) is 5.75 Å². The molecule has 1 aliphatic carbocycles. The Labute approximate surface area is 190 Å². The molecular formula is C28H32N2O2. The fraction of sp³-hybridized carbons (Fsp3) is 0.393. The van der Waals surface area contributed by atoms with Gasteiger partial charge in [0.25, 0.3) is 5.91 Å². The Hall–Kier alpha value is -2.85. The normalized spacial score (nSPS) is 20.5. The van der Waals surface area contributed by atoms with Crippen molar-refractivity contribution < 1.29 is 9.53 Å². The Morgan fingerprint density at radius 1 is 1.06 bits per heavy atom. The van der Waals surface area contributed by atoms with Gasteiger partial charge in [-0.15, -0.1) is 0 Å². The molecule has 5 rings (SSSR count). The highest BCUT2D eigenvalue weighted by atomic mass is 16.5. The van der Waals surface area contributed by atoms with Crippen LogP contribution in [0.1, 0.15) is 53.6 Å². The number of ether oxygens (including phenoxy) is 1. The van der Waals surface area contributed by atoms with Crippen molar-refractivity contribution in [1.29, 1.82) is 0 Å². The van der Waals surface area contributed by atoms with Crippen molar-refractivity contribution in [2.45, 2.75) is 50.7 Å². The van der Waals surface area contributed by atoms with Crippen LogP contribution in [0.2, 0.25) is 0 Å². The van der Waals surface area contributed by atoms with Crippen molar-refractivity contribution in [3.05, 3.63) is 77.4 Å². The molecule has 1 heterocycles. The number of nitrogens with one attached hydrogen (secondary N) is 1. The first-order chi connectivity index (χ1) is 15.5. The van der Waals surface area contributed by atoms with E-state index >= 15 is 0 Å². The molecule has 4 nitrogen and oxygen atoms in total. The Morgan fingerprint density at radius 2 is 1.88 bits per heavy atom. The van der Waals surface area contributed by atoms with E-state index in [0.29, 0.717) is 5.56 Å². The molecule has 0 aromatic heterocycles. The molecule has 2 aliphatic rings. The molecule has 1 saturated heterocycles. The van der Waals surface area contributed by atoms with Crippen LogP contribution >= 0.6 is 0 Å². The van der Waals surface area contributed by atoms with Crippen molar-refractivity contribution in [1.82, 2.24) is 10.2 Å². The number of hydrogen-bond acceptors (Lipinski definition) is 3. The van der Waals surface area contributed by atoms with Crippen LogP contribution in [0.4, 0.5) is 0 Å². The number of aryl methyl sites for hydroxylation is 1. The maximum atomic E-state index is 13.4. The van der Waals surface area contributed by atoms with Gasteiger partial charge in [0.2, 0.25) is 0 Å². The molecule has 3 aromatic rings. The van der Waals surface area contributed by atoms with E-state index < -0.39 is 0 Å². The molecular weight excluding hydrogens is 396 g/mol. The number of fused-ring (bicyclic) bond motifs is 1. The fourth-order valence-electron chi connectivity index (χ4n) is 5.01. The summed E-state index contributed by atoms with van der Waals surface area (Å²) in [4.78, 5) is 15.7. The second-order valence-corrected chi connectivity index (χ2v) is 9.54. The van der Waals surface area contributed by atoms with E-state index in [4.69, 9.17) is 4.74 Å². The highest BCUT2D eigenvalue weighted by Gasteiger charge is 2.46. The first kappa shape index (κ1) is 21.0. The van der Waals surface area contributed by atoms with E-state index in [-0.39, 0.29) is 17.6 Å². The van der Waals surface area contributed by atoms with Crippen molar-refractivity contribution in [3.8, 4) is 5.75 Å². The lowest BCUT2D eigenvalue weighted by Gasteiger charge is -2.23. The molecule has 32 heavy (non-hydrogen) atoms. The first-order valence-corrected chi connectivity index (χ1v) is 11.8. The van der Waals surface area contributed by atoms with E-state index in [9.17, 15) is 4.79 Å². The van der Waals surface area contributed by atoms with Gasteiger partial charge in [-0.1, -0.05) is 48.5 Å². The molecule has 0 spiro atoms. The lowest BCUT2D eigenvalue weighted by Crippen LogP contribution is -2.35. The Morgan fingerprint density at radius 3 is 2.72 bits per heavy atom. The summed E-state index contributed by atoms with van der Waals surface area (Å²) in [7, 11) is 2.15. The van der Waals surface area contributed by atoms with Gasteiger partial charge in [0.15, 0.2) is 0 Å². The Bertz CT molecular complexity index is 1130. The second-order valence-electron chi connectivity index (χ2n) is 9.54. The summed E-state index contributed by atoms with van der Waals surface area (Å²) in [5.74, 6) is 0.771. The number of benzene rings is 3. The largest absolute Gasteiger partial charge is 0.489 e. The average molecular weight is 429 g/mol. The van der Waals surface area contributed by atoms with Gasteiger partial charge in [0.05, 0.1) is 5.54 Å². The highest BCUT2D eigenvalue weighted by Crippen LogP contribution is 2.48. The molecule has 1 amide bonds. The lowest BCUT2D eigenvalue weighted by molar-refractivity contribution is 0.0929. The van der Waals surface area contributed by atoms with Gasteiger partial charge in [-0.25, -0.2) is 0 Å². The minimum absolute atomic E-state index is 0.0173. The minimum atomic E-state index is -0.273. The minimum Gasteiger partial charge on any atom is -0.489 e. The topological polar surface area (TPSA) is 41.6 Å². The van der Waals surface area contributed by atoms with E-state index in [1.54, 1.807) is 0 Å². The molecule has 2 fully saturated rings. The van der Waals surface area contributed by atoms with E-state index in [1.165, 1.54) is 29.2 Å². The number of amides is 1. The van der Waals surface area contributed by atoms with Gasteiger partial charge >= 0.3 is 0 Å². The van der Waals surface area contributed by atoms with Gasteiger partial charge in [0.1, 0.15) is 11.9 Å². The number of carbonyl (C=O) groups is 1. The van der Waals surface area contributed by atoms with Crippen molar-refractivity contribution in [2.24, 2.45) is 0 Å². The third-order valence-electron chi connectivity index (χ3n) is 7.00. The number of likely N-dealkylation sites (tertiary alicyclic amines) is 1. The van der Waals surface area contributed by atoms with Gasteiger partial charge in [0, 0.05) is 12.1 Å². The summed E-state index contributed by atoms with van der Waals surface area (Å²) in [5, 5.41) is 5.81.